The van der Waals surface area contributed by atoms with E-state index in [1.54, 1.807) is 0 Å². The normalized spacial score (nSPS) is 24.5. The number of hydrogen-bond acceptors (Lipinski definition) is 2. The Morgan fingerprint density at radius 2 is 1.80 bits per heavy atom. The van der Waals surface area contributed by atoms with Crippen molar-refractivity contribution in [3.63, 3.8) is 0 Å². The maximum absolute atomic E-state index is 12.5. The monoisotopic (exact) mass is 350 g/mol. The fourth-order valence-electron chi connectivity index (χ4n) is 3.91. The van der Waals surface area contributed by atoms with Gasteiger partial charge in [0.25, 0.3) is 0 Å². The van der Waals surface area contributed by atoms with E-state index >= 15 is 0 Å². The lowest BCUT2D eigenvalue weighted by Gasteiger charge is -2.35. The number of likely N-dealkylation sites (tertiary alicyclic amines) is 1. The van der Waals surface area contributed by atoms with Crippen molar-refractivity contribution in [3.8, 4) is 0 Å². The Hall–Kier alpha value is -1.26. The van der Waals surface area contributed by atoms with Gasteiger partial charge in [0.15, 0.2) is 5.96 Å². The number of carbonyl (C=O) groups excluding carboxylic acids is 1. The van der Waals surface area contributed by atoms with Gasteiger partial charge in [-0.3, -0.25) is 9.79 Å². The highest BCUT2D eigenvalue weighted by Crippen LogP contribution is 2.34. The van der Waals surface area contributed by atoms with Gasteiger partial charge < -0.3 is 15.5 Å². The van der Waals surface area contributed by atoms with E-state index in [0.717, 1.165) is 57.2 Å². The lowest BCUT2D eigenvalue weighted by molar-refractivity contribution is -0.136. The summed E-state index contributed by atoms with van der Waals surface area (Å²) in [6.45, 7) is 11.1. The lowest BCUT2D eigenvalue weighted by Crippen LogP contribution is -2.51. The van der Waals surface area contributed by atoms with E-state index in [2.05, 4.69) is 48.2 Å². The van der Waals surface area contributed by atoms with Crippen molar-refractivity contribution in [3.05, 3.63) is 0 Å². The van der Waals surface area contributed by atoms with Gasteiger partial charge in [0.1, 0.15) is 0 Å². The molecule has 144 valence electrons. The molecule has 0 spiro atoms. The summed E-state index contributed by atoms with van der Waals surface area (Å²) in [5, 5.41) is 7.21. The van der Waals surface area contributed by atoms with Crippen molar-refractivity contribution in [1.29, 1.82) is 0 Å². The second kappa shape index (κ2) is 10.0. The van der Waals surface area contributed by atoms with E-state index in [0.29, 0.717) is 18.0 Å². The zero-order chi connectivity index (χ0) is 18.2. The number of piperidine rings is 1. The maximum Gasteiger partial charge on any atom is 0.225 e. The van der Waals surface area contributed by atoms with E-state index in [-0.39, 0.29) is 5.92 Å². The fraction of sp³-hybridized carbons (Fsp3) is 0.900. The van der Waals surface area contributed by atoms with Crippen LogP contribution < -0.4 is 10.6 Å². The first-order valence-corrected chi connectivity index (χ1v) is 10.5. The van der Waals surface area contributed by atoms with Gasteiger partial charge in [-0.1, -0.05) is 27.2 Å². The van der Waals surface area contributed by atoms with E-state index in [1.165, 1.54) is 19.3 Å². The molecule has 1 aliphatic heterocycles. The van der Waals surface area contributed by atoms with Gasteiger partial charge in [0.2, 0.25) is 5.91 Å². The molecule has 1 saturated heterocycles. The van der Waals surface area contributed by atoms with Gasteiger partial charge in [0.05, 0.1) is 0 Å². The first kappa shape index (κ1) is 20.1. The summed E-state index contributed by atoms with van der Waals surface area (Å²) in [4.78, 5) is 19.2. The lowest BCUT2D eigenvalue weighted by atomic mass is 9.98. The Bertz CT molecular complexity index is 439. The second-order valence-electron chi connectivity index (χ2n) is 7.62. The number of amides is 1. The fourth-order valence-corrected chi connectivity index (χ4v) is 3.91. The third-order valence-corrected chi connectivity index (χ3v) is 5.70. The maximum atomic E-state index is 12.5. The molecule has 0 aromatic rings. The Kier molecular flexibility index (Phi) is 8.04. The Balaban J connectivity index is 1.77. The molecule has 5 nitrogen and oxygen atoms in total. The SMILES string of the molecule is CCCC1CC1NC(=NCC)NC1CCN(C(=O)C(CC)CC)CC1. The number of nitrogens with one attached hydrogen (secondary N) is 2. The molecule has 5 heteroatoms. The van der Waals surface area contributed by atoms with Crippen molar-refractivity contribution in [2.75, 3.05) is 19.6 Å². The van der Waals surface area contributed by atoms with Crippen LogP contribution in [-0.2, 0) is 4.79 Å². The minimum Gasteiger partial charge on any atom is -0.354 e. The number of hydrogen-bond donors (Lipinski definition) is 2. The van der Waals surface area contributed by atoms with Crippen LogP contribution in [0.2, 0.25) is 0 Å². The molecule has 2 atom stereocenters. The van der Waals surface area contributed by atoms with Crippen LogP contribution in [0.15, 0.2) is 4.99 Å². The van der Waals surface area contributed by atoms with E-state index in [1.807, 2.05) is 0 Å². The summed E-state index contributed by atoms with van der Waals surface area (Å²) in [5.74, 6) is 2.35. The van der Waals surface area contributed by atoms with Crippen LogP contribution in [0.25, 0.3) is 0 Å². The minimum absolute atomic E-state index is 0.203. The Morgan fingerprint density at radius 3 is 2.36 bits per heavy atom. The Labute approximate surface area is 154 Å². The highest BCUT2D eigenvalue weighted by atomic mass is 16.2. The van der Waals surface area contributed by atoms with Crippen molar-refractivity contribution < 1.29 is 4.79 Å². The zero-order valence-corrected chi connectivity index (χ0v) is 16.7. The zero-order valence-electron chi connectivity index (χ0n) is 16.7. The molecule has 1 heterocycles. The molecule has 1 aliphatic carbocycles. The molecule has 1 amide bonds. The van der Waals surface area contributed by atoms with E-state index in [4.69, 9.17) is 0 Å². The number of guanidine groups is 1. The molecule has 2 rings (SSSR count). The molecule has 2 N–H and O–H groups in total. The van der Waals surface area contributed by atoms with Crippen molar-refractivity contribution in [1.82, 2.24) is 15.5 Å². The molecule has 0 aromatic carbocycles. The third kappa shape index (κ3) is 5.89. The van der Waals surface area contributed by atoms with Gasteiger partial charge in [-0.05, 0) is 51.4 Å². The summed E-state index contributed by atoms with van der Waals surface area (Å²) in [7, 11) is 0. The predicted octanol–water partition coefficient (Wildman–Crippen LogP) is 3.16. The van der Waals surface area contributed by atoms with Crippen LogP contribution in [0.5, 0.6) is 0 Å². The molecule has 0 aromatic heterocycles. The first-order chi connectivity index (χ1) is 12.1. The molecular weight excluding hydrogens is 312 g/mol. The van der Waals surface area contributed by atoms with Crippen LogP contribution in [0.3, 0.4) is 0 Å². The molecule has 2 unspecified atom stereocenters. The van der Waals surface area contributed by atoms with E-state index in [9.17, 15) is 4.79 Å². The standard InChI is InChI=1S/C20H38N4O/c1-5-9-16-14-18(16)23-20(21-8-4)22-17-10-12-24(13-11-17)19(25)15(6-2)7-3/h15-18H,5-14H2,1-4H3,(H2,21,22,23). The van der Waals surface area contributed by atoms with Crippen molar-refractivity contribution in [2.24, 2.45) is 16.8 Å². The second-order valence-corrected chi connectivity index (χ2v) is 7.62. The largest absolute Gasteiger partial charge is 0.354 e. The number of nitrogens with zero attached hydrogens (tertiary/aromatic N) is 2. The molecular formula is C20H38N4O. The van der Waals surface area contributed by atoms with Crippen LogP contribution in [0, 0.1) is 11.8 Å². The molecule has 25 heavy (non-hydrogen) atoms. The van der Waals surface area contributed by atoms with Crippen LogP contribution in [0.1, 0.15) is 72.6 Å². The topological polar surface area (TPSA) is 56.7 Å². The average Bonchev–Trinajstić information content (AvgIpc) is 3.34. The third-order valence-electron chi connectivity index (χ3n) is 5.70. The van der Waals surface area contributed by atoms with Crippen molar-refractivity contribution in [2.45, 2.75) is 84.7 Å². The molecule has 1 saturated carbocycles. The van der Waals surface area contributed by atoms with Crippen LogP contribution in [-0.4, -0.2) is 48.5 Å². The van der Waals surface area contributed by atoms with E-state index < -0.39 is 0 Å². The molecule has 0 bridgehead atoms. The smallest absolute Gasteiger partial charge is 0.225 e. The highest BCUT2D eigenvalue weighted by Gasteiger charge is 2.37. The van der Waals surface area contributed by atoms with Crippen LogP contribution >= 0.6 is 0 Å². The van der Waals surface area contributed by atoms with Gasteiger partial charge in [-0.25, -0.2) is 0 Å². The minimum atomic E-state index is 0.203. The average molecular weight is 351 g/mol. The number of carbonyl (C=O) groups is 1. The molecule has 2 aliphatic rings. The summed E-state index contributed by atoms with van der Waals surface area (Å²) < 4.78 is 0. The van der Waals surface area contributed by atoms with Gasteiger partial charge in [-0.2, -0.15) is 0 Å². The van der Waals surface area contributed by atoms with Crippen molar-refractivity contribution >= 4 is 11.9 Å². The van der Waals surface area contributed by atoms with Gasteiger partial charge >= 0.3 is 0 Å². The predicted molar refractivity (Wildman–Crippen MR) is 105 cm³/mol. The number of aliphatic imine (C=N–C) groups is 1. The Morgan fingerprint density at radius 1 is 1.12 bits per heavy atom. The quantitative estimate of drug-likeness (QED) is 0.522. The van der Waals surface area contributed by atoms with Crippen LogP contribution in [0.4, 0.5) is 0 Å². The molecule has 0 radical (unpaired) electrons. The summed E-state index contributed by atoms with van der Waals surface area (Å²) in [5.41, 5.74) is 0. The van der Waals surface area contributed by atoms with Gasteiger partial charge in [0, 0.05) is 37.6 Å². The molecule has 2 fully saturated rings. The summed E-state index contributed by atoms with van der Waals surface area (Å²) in [6.07, 6.45) is 7.78. The number of rotatable bonds is 8. The van der Waals surface area contributed by atoms with Gasteiger partial charge in [-0.15, -0.1) is 0 Å². The highest BCUT2D eigenvalue weighted by molar-refractivity contribution is 5.81. The summed E-state index contributed by atoms with van der Waals surface area (Å²) >= 11 is 0. The first-order valence-electron chi connectivity index (χ1n) is 10.5. The summed E-state index contributed by atoms with van der Waals surface area (Å²) in [6, 6.07) is 1.03.